The first kappa shape index (κ1) is 11.3. The number of hydrogen-bond acceptors (Lipinski definition) is 5. The molecule has 1 fully saturated rings. The summed E-state index contributed by atoms with van der Waals surface area (Å²) in [6.45, 7) is 0.619. The van der Waals surface area contributed by atoms with Crippen LogP contribution in [0.15, 0.2) is 0 Å². The fourth-order valence-corrected chi connectivity index (χ4v) is 2.13. The van der Waals surface area contributed by atoms with Gasteiger partial charge in [-0.15, -0.1) is 0 Å². The Morgan fingerprint density at radius 1 is 1.25 bits per heavy atom. The number of rotatable bonds is 4. The molecule has 0 radical (unpaired) electrons. The molecule has 1 aromatic heterocycles. The smallest absolute Gasteiger partial charge is 0.223 e. The molecular weight excluding hydrogens is 204 g/mol. The van der Waals surface area contributed by atoms with Crippen molar-refractivity contribution in [1.29, 1.82) is 0 Å². The van der Waals surface area contributed by atoms with Crippen molar-refractivity contribution < 1.29 is 4.74 Å². The van der Waals surface area contributed by atoms with Crippen LogP contribution in [0.2, 0.25) is 0 Å². The summed E-state index contributed by atoms with van der Waals surface area (Å²) >= 11 is 0. The summed E-state index contributed by atoms with van der Waals surface area (Å²) in [5, 5.41) is 0. The van der Waals surface area contributed by atoms with Crippen molar-refractivity contribution in [1.82, 2.24) is 15.0 Å². The van der Waals surface area contributed by atoms with Gasteiger partial charge >= 0.3 is 0 Å². The molecule has 0 aromatic carbocycles. The van der Waals surface area contributed by atoms with Gasteiger partial charge in [0.05, 0.1) is 6.61 Å². The fourth-order valence-electron chi connectivity index (χ4n) is 2.13. The minimum atomic E-state index is 0.336. The van der Waals surface area contributed by atoms with Gasteiger partial charge in [0.2, 0.25) is 5.95 Å². The van der Waals surface area contributed by atoms with E-state index in [1.165, 1.54) is 25.7 Å². The molecule has 1 heterocycles. The first-order chi connectivity index (χ1) is 7.79. The number of nitrogens with zero attached hydrogens (tertiary/aromatic N) is 3. The molecule has 5 nitrogen and oxygen atoms in total. The molecule has 88 valence electrons. The maximum atomic E-state index is 5.70. The second kappa shape index (κ2) is 5.21. The van der Waals surface area contributed by atoms with Gasteiger partial charge in [-0.1, -0.05) is 12.8 Å². The molecule has 0 aliphatic heterocycles. The maximum Gasteiger partial charge on any atom is 0.223 e. The van der Waals surface area contributed by atoms with E-state index < -0.39 is 0 Å². The van der Waals surface area contributed by atoms with Gasteiger partial charge in [0.1, 0.15) is 11.6 Å². The molecule has 1 aliphatic rings. The summed E-state index contributed by atoms with van der Waals surface area (Å²) in [7, 11) is 1.67. The Bertz CT molecular complexity index is 350. The Morgan fingerprint density at radius 3 is 2.69 bits per heavy atom. The highest BCUT2D eigenvalue weighted by Gasteiger charge is 2.20. The standard InChI is InChI=1S/C11H18N4O/c1-16-7-6-9-13-10(15-11(12)14-9)8-4-2-3-5-8/h8H,2-7H2,1H3,(H2,12,13,14,15). The summed E-state index contributed by atoms with van der Waals surface area (Å²) in [4.78, 5) is 12.8. The molecule has 5 heteroatoms. The van der Waals surface area contributed by atoms with Gasteiger partial charge in [0, 0.05) is 19.4 Å². The van der Waals surface area contributed by atoms with E-state index in [0.717, 1.165) is 11.6 Å². The highest BCUT2D eigenvalue weighted by Crippen LogP contribution is 2.32. The van der Waals surface area contributed by atoms with Crippen LogP contribution in [0, 0.1) is 0 Å². The van der Waals surface area contributed by atoms with E-state index in [4.69, 9.17) is 10.5 Å². The van der Waals surface area contributed by atoms with Gasteiger partial charge in [-0.3, -0.25) is 0 Å². The fraction of sp³-hybridized carbons (Fsp3) is 0.727. The Hall–Kier alpha value is -1.23. The second-order valence-electron chi connectivity index (χ2n) is 4.19. The van der Waals surface area contributed by atoms with Crippen molar-refractivity contribution in [3.63, 3.8) is 0 Å². The molecule has 1 aromatic rings. The van der Waals surface area contributed by atoms with Gasteiger partial charge in [-0.25, -0.2) is 4.98 Å². The predicted molar refractivity (Wildman–Crippen MR) is 61.0 cm³/mol. The van der Waals surface area contributed by atoms with Crippen LogP contribution in [0.1, 0.15) is 43.3 Å². The topological polar surface area (TPSA) is 73.9 Å². The van der Waals surface area contributed by atoms with Crippen molar-refractivity contribution in [3.8, 4) is 0 Å². The van der Waals surface area contributed by atoms with Crippen LogP contribution in [0.4, 0.5) is 5.95 Å². The first-order valence-corrected chi connectivity index (χ1v) is 5.79. The van der Waals surface area contributed by atoms with Crippen LogP contribution in [0.3, 0.4) is 0 Å². The van der Waals surface area contributed by atoms with E-state index in [2.05, 4.69) is 15.0 Å². The van der Waals surface area contributed by atoms with Crippen molar-refractivity contribution in [2.24, 2.45) is 0 Å². The lowest BCUT2D eigenvalue weighted by atomic mass is 10.1. The zero-order chi connectivity index (χ0) is 11.4. The minimum absolute atomic E-state index is 0.336. The minimum Gasteiger partial charge on any atom is -0.384 e. The van der Waals surface area contributed by atoms with Crippen LogP contribution in [-0.4, -0.2) is 28.7 Å². The highest BCUT2D eigenvalue weighted by atomic mass is 16.5. The number of nitrogen functional groups attached to an aromatic ring is 1. The average Bonchev–Trinajstić information content (AvgIpc) is 2.79. The molecule has 2 rings (SSSR count). The van der Waals surface area contributed by atoms with Gasteiger partial charge < -0.3 is 10.5 Å². The Morgan fingerprint density at radius 2 is 2.00 bits per heavy atom. The van der Waals surface area contributed by atoms with Crippen LogP contribution in [0.25, 0.3) is 0 Å². The van der Waals surface area contributed by atoms with E-state index in [1.807, 2.05) is 0 Å². The predicted octanol–water partition coefficient (Wildman–Crippen LogP) is 1.30. The lowest BCUT2D eigenvalue weighted by Crippen LogP contribution is -2.11. The first-order valence-electron chi connectivity index (χ1n) is 5.79. The molecule has 1 aliphatic carbocycles. The Kier molecular flexibility index (Phi) is 3.66. The number of ether oxygens (including phenoxy) is 1. The molecular formula is C11H18N4O. The zero-order valence-electron chi connectivity index (χ0n) is 9.65. The van der Waals surface area contributed by atoms with Gasteiger partial charge in [-0.05, 0) is 12.8 Å². The number of aromatic nitrogens is 3. The van der Waals surface area contributed by atoms with Gasteiger partial charge in [0.15, 0.2) is 0 Å². The van der Waals surface area contributed by atoms with Crippen LogP contribution in [-0.2, 0) is 11.2 Å². The van der Waals surface area contributed by atoms with Crippen molar-refractivity contribution in [3.05, 3.63) is 11.6 Å². The number of nitrogens with two attached hydrogens (primary N) is 1. The SMILES string of the molecule is COCCc1nc(N)nc(C2CCCC2)n1. The van der Waals surface area contributed by atoms with Crippen molar-refractivity contribution in [2.45, 2.75) is 38.0 Å². The molecule has 0 atom stereocenters. The van der Waals surface area contributed by atoms with Crippen LogP contribution < -0.4 is 5.73 Å². The number of anilines is 1. The van der Waals surface area contributed by atoms with E-state index in [-0.39, 0.29) is 0 Å². The zero-order valence-corrected chi connectivity index (χ0v) is 9.65. The lowest BCUT2D eigenvalue weighted by molar-refractivity contribution is 0.200. The van der Waals surface area contributed by atoms with Crippen LogP contribution >= 0.6 is 0 Å². The summed E-state index contributed by atoms with van der Waals surface area (Å²) in [6.07, 6.45) is 5.58. The average molecular weight is 222 g/mol. The number of hydrogen-bond donors (Lipinski definition) is 1. The normalized spacial score (nSPS) is 16.8. The largest absolute Gasteiger partial charge is 0.384 e. The number of methoxy groups -OCH3 is 1. The Balaban J connectivity index is 2.14. The third kappa shape index (κ3) is 2.66. The summed E-state index contributed by atoms with van der Waals surface area (Å²) in [5.41, 5.74) is 5.70. The van der Waals surface area contributed by atoms with E-state index in [0.29, 0.717) is 24.9 Å². The maximum absolute atomic E-state index is 5.70. The Labute approximate surface area is 95.5 Å². The van der Waals surface area contributed by atoms with Crippen LogP contribution in [0.5, 0.6) is 0 Å². The van der Waals surface area contributed by atoms with E-state index >= 15 is 0 Å². The molecule has 2 N–H and O–H groups in total. The molecule has 0 unspecified atom stereocenters. The third-order valence-corrected chi connectivity index (χ3v) is 2.97. The molecule has 0 bridgehead atoms. The van der Waals surface area contributed by atoms with E-state index in [9.17, 15) is 0 Å². The summed E-state index contributed by atoms with van der Waals surface area (Å²) in [6, 6.07) is 0. The summed E-state index contributed by atoms with van der Waals surface area (Å²) in [5.74, 6) is 2.43. The molecule has 16 heavy (non-hydrogen) atoms. The highest BCUT2D eigenvalue weighted by molar-refractivity contribution is 5.18. The van der Waals surface area contributed by atoms with Gasteiger partial charge in [-0.2, -0.15) is 9.97 Å². The lowest BCUT2D eigenvalue weighted by Gasteiger charge is -2.09. The van der Waals surface area contributed by atoms with Crippen molar-refractivity contribution >= 4 is 5.95 Å². The van der Waals surface area contributed by atoms with E-state index in [1.54, 1.807) is 7.11 Å². The monoisotopic (exact) mass is 222 g/mol. The van der Waals surface area contributed by atoms with Crippen molar-refractivity contribution in [2.75, 3.05) is 19.5 Å². The molecule has 0 amide bonds. The quantitative estimate of drug-likeness (QED) is 0.831. The summed E-state index contributed by atoms with van der Waals surface area (Å²) < 4.78 is 5.01. The molecule has 0 saturated heterocycles. The molecule has 0 spiro atoms. The molecule has 1 saturated carbocycles. The second-order valence-corrected chi connectivity index (χ2v) is 4.19. The third-order valence-electron chi connectivity index (χ3n) is 2.97. The van der Waals surface area contributed by atoms with Gasteiger partial charge in [0.25, 0.3) is 0 Å².